The normalized spacial score (nSPS) is 10.2. The minimum atomic E-state index is 0.702. The van der Waals surface area contributed by atoms with Crippen LogP contribution in [0.1, 0.15) is 23.2 Å². The molecule has 1 aromatic heterocycles. The van der Waals surface area contributed by atoms with Gasteiger partial charge in [0.1, 0.15) is 5.82 Å². The first-order chi connectivity index (χ1) is 4.74. The van der Waals surface area contributed by atoms with E-state index >= 15 is 0 Å². The fourth-order valence-corrected chi connectivity index (χ4v) is 1.74. The zero-order chi connectivity index (χ0) is 7.56. The molecular weight excluding hydrogens is 144 g/mol. The Bertz CT molecular complexity index is 198. The number of hydrogen-bond acceptors (Lipinski definition) is 3. The molecule has 0 aromatic carbocycles. The maximum atomic E-state index is 5.57. The number of nitrogen functional groups attached to an aromatic ring is 1. The van der Waals surface area contributed by atoms with Gasteiger partial charge in [-0.2, -0.15) is 0 Å². The summed E-state index contributed by atoms with van der Waals surface area (Å²) in [6, 6.07) is 0. The summed E-state index contributed by atoms with van der Waals surface area (Å²) in [5.41, 5.74) is 5.57. The quantitative estimate of drug-likeness (QED) is 0.711. The summed E-state index contributed by atoms with van der Waals surface area (Å²) in [5.74, 6) is 0.702. The molecule has 56 valence electrons. The first-order valence-electron chi connectivity index (χ1n) is 3.45. The van der Waals surface area contributed by atoms with E-state index in [4.69, 9.17) is 5.73 Å². The van der Waals surface area contributed by atoms with Crippen LogP contribution < -0.4 is 5.73 Å². The van der Waals surface area contributed by atoms with Crippen molar-refractivity contribution in [3.8, 4) is 0 Å². The second kappa shape index (κ2) is 3.01. The van der Waals surface area contributed by atoms with E-state index in [0.717, 1.165) is 22.7 Å². The van der Waals surface area contributed by atoms with Gasteiger partial charge in [0, 0.05) is 4.88 Å². The van der Waals surface area contributed by atoms with Crippen molar-refractivity contribution < 1.29 is 0 Å². The number of nitrogens with zero attached hydrogens (tertiary/aromatic N) is 1. The van der Waals surface area contributed by atoms with Crippen LogP contribution >= 0.6 is 11.3 Å². The Labute approximate surface area is 65.1 Å². The molecule has 1 aromatic rings. The Morgan fingerprint density at radius 3 is 2.70 bits per heavy atom. The van der Waals surface area contributed by atoms with Crippen LogP contribution in [0.25, 0.3) is 0 Å². The third-order valence-corrected chi connectivity index (χ3v) is 2.39. The molecule has 2 N–H and O–H groups in total. The minimum Gasteiger partial charge on any atom is -0.383 e. The lowest BCUT2D eigenvalue weighted by atomic mass is 10.4. The molecule has 0 spiro atoms. The van der Waals surface area contributed by atoms with E-state index in [-0.39, 0.29) is 0 Å². The number of rotatable bonds is 2. The molecule has 0 aliphatic carbocycles. The Kier molecular flexibility index (Phi) is 2.27. The monoisotopic (exact) mass is 156 g/mol. The van der Waals surface area contributed by atoms with Crippen molar-refractivity contribution in [2.75, 3.05) is 5.73 Å². The zero-order valence-corrected chi connectivity index (χ0v) is 7.16. The molecular formula is C7H12N2S. The molecule has 0 unspecified atom stereocenters. The van der Waals surface area contributed by atoms with Gasteiger partial charge < -0.3 is 5.73 Å². The number of anilines is 1. The molecule has 1 heterocycles. The largest absolute Gasteiger partial charge is 0.383 e. The molecule has 0 saturated carbocycles. The van der Waals surface area contributed by atoms with Crippen molar-refractivity contribution in [1.29, 1.82) is 0 Å². The van der Waals surface area contributed by atoms with Crippen LogP contribution in [-0.4, -0.2) is 4.98 Å². The SMILES string of the molecule is CCCc1nc(N)c(C)s1. The molecule has 1 rings (SSSR count). The summed E-state index contributed by atoms with van der Waals surface area (Å²) in [6.45, 7) is 4.15. The first-order valence-corrected chi connectivity index (χ1v) is 4.27. The van der Waals surface area contributed by atoms with E-state index in [9.17, 15) is 0 Å². The highest BCUT2D eigenvalue weighted by Crippen LogP contribution is 2.19. The molecule has 0 aliphatic heterocycles. The fraction of sp³-hybridized carbons (Fsp3) is 0.571. The minimum absolute atomic E-state index is 0.702. The number of aromatic nitrogens is 1. The van der Waals surface area contributed by atoms with Gasteiger partial charge in [-0.1, -0.05) is 6.92 Å². The van der Waals surface area contributed by atoms with E-state index < -0.39 is 0 Å². The summed E-state index contributed by atoms with van der Waals surface area (Å²) in [4.78, 5) is 5.34. The highest BCUT2D eigenvalue weighted by atomic mass is 32.1. The second-order valence-corrected chi connectivity index (χ2v) is 3.59. The molecule has 0 radical (unpaired) electrons. The Balaban J connectivity index is 2.77. The smallest absolute Gasteiger partial charge is 0.137 e. The number of hydrogen-bond donors (Lipinski definition) is 1. The molecule has 0 fully saturated rings. The van der Waals surface area contributed by atoms with Crippen molar-refractivity contribution in [2.24, 2.45) is 0 Å². The summed E-state index contributed by atoms with van der Waals surface area (Å²) in [6.07, 6.45) is 2.20. The summed E-state index contributed by atoms with van der Waals surface area (Å²) in [7, 11) is 0. The molecule has 0 bridgehead atoms. The fourth-order valence-electron chi connectivity index (χ4n) is 0.786. The van der Waals surface area contributed by atoms with Gasteiger partial charge in [0.05, 0.1) is 5.01 Å². The van der Waals surface area contributed by atoms with Crippen molar-refractivity contribution in [1.82, 2.24) is 4.98 Å². The highest BCUT2D eigenvalue weighted by molar-refractivity contribution is 7.12. The second-order valence-electron chi connectivity index (χ2n) is 2.30. The van der Waals surface area contributed by atoms with Gasteiger partial charge in [-0.25, -0.2) is 4.98 Å². The molecule has 0 aliphatic rings. The maximum absolute atomic E-state index is 5.57. The average Bonchev–Trinajstić information content (AvgIpc) is 2.14. The summed E-state index contributed by atoms with van der Waals surface area (Å²) >= 11 is 1.70. The van der Waals surface area contributed by atoms with Crippen LogP contribution in [0.4, 0.5) is 5.82 Å². The predicted octanol–water partition coefficient (Wildman–Crippen LogP) is 1.99. The topological polar surface area (TPSA) is 38.9 Å². The van der Waals surface area contributed by atoms with Gasteiger partial charge in [0.15, 0.2) is 0 Å². The lowest BCUT2D eigenvalue weighted by molar-refractivity contribution is 0.910. The van der Waals surface area contributed by atoms with E-state index in [0.29, 0.717) is 5.82 Å². The average molecular weight is 156 g/mol. The van der Waals surface area contributed by atoms with Gasteiger partial charge in [0.2, 0.25) is 0 Å². The highest BCUT2D eigenvalue weighted by Gasteiger charge is 2.01. The summed E-state index contributed by atoms with van der Waals surface area (Å²) < 4.78 is 0. The van der Waals surface area contributed by atoms with Crippen molar-refractivity contribution >= 4 is 17.2 Å². The summed E-state index contributed by atoms with van der Waals surface area (Å²) in [5, 5.41) is 1.16. The third-order valence-electron chi connectivity index (χ3n) is 1.34. The molecule has 10 heavy (non-hydrogen) atoms. The Morgan fingerprint density at radius 1 is 1.60 bits per heavy atom. The third kappa shape index (κ3) is 1.48. The van der Waals surface area contributed by atoms with Crippen LogP contribution in [0.3, 0.4) is 0 Å². The van der Waals surface area contributed by atoms with Crippen molar-refractivity contribution in [2.45, 2.75) is 26.7 Å². The standard InChI is InChI=1S/C7H12N2S/c1-3-4-6-9-7(8)5(2)10-6/h3-4,8H2,1-2H3. The number of aryl methyl sites for hydroxylation is 2. The lowest BCUT2D eigenvalue weighted by Crippen LogP contribution is -1.87. The number of nitrogens with two attached hydrogens (primary N) is 1. The van der Waals surface area contributed by atoms with Crippen LogP contribution in [0.5, 0.6) is 0 Å². The molecule has 0 saturated heterocycles. The lowest BCUT2D eigenvalue weighted by Gasteiger charge is -1.85. The van der Waals surface area contributed by atoms with Crippen LogP contribution in [0.2, 0.25) is 0 Å². The van der Waals surface area contributed by atoms with Crippen LogP contribution in [0.15, 0.2) is 0 Å². The van der Waals surface area contributed by atoms with E-state index in [1.54, 1.807) is 11.3 Å². The van der Waals surface area contributed by atoms with Gasteiger partial charge in [0.25, 0.3) is 0 Å². The van der Waals surface area contributed by atoms with Crippen molar-refractivity contribution in [3.05, 3.63) is 9.88 Å². The molecule has 3 heteroatoms. The Morgan fingerprint density at radius 2 is 2.30 bits per heavy atom. The molecule has 2 nitrogen and oxygen atoms in total. The number of thiazole rings is 1. The Hall–Kier alpha value is -0.570. The van der Waals surface area contributed by atoms with Crippen LogP contribution in [0, 0.1) is 6.92 Å². The van der Waals surface area contributed by atoms with E-state index in [1.165, 1.54) is 0 Å². The van der Waals surface area contributed by atoms with E-state index in [1.807, 2.05) is 6.92 Å². The van der Waals surface area contributed by atoms with Gasteiger partial charge in [-0.15, -0.1) is 11.3 Å². The van der Waals surface area contributed by atoms with Crippen LogP contribution in [-0.2, 0) is 6.42 Å². The maximum Gasteiger partial charge on any atom is 0.137 e. The molecule has 0 atom stereocenters. The van der Waals surface area contributed by atoms with Gasteiger partial charge >= 0.3 is 0 Å². The van der Waals surface area contributed by atoms with Gasteiger partial charge in [-0.05, 0) is 19.8 Å². The van der Waals surface area contributed by atoms with Crippen molar-refractivity contribution in [3.63, 3.8) is 0 Å². The van der Waals surface area contributed by atoms with Gasteiger partial charge in [-0.3, -0.25) is 0 Å². The zero-order valence-electron chi connectivity index (χ0n) is 6.35. The first kappa shape index (κ1) is 7.54. The molecule has 0 amide bonds. The predicted molar refractivity (Wildman–Crippen MR) is 45.3 cm³/mol. The van der Waals surface area contributed by atoms with E-state index in [2.05, 4.69) is 11.9 Å².